The zero-order chi connectivity index (χ0) is 35.4. The van der Waals surface area contributed by atoms with Crippen LogP contribution in [0.1, 0.15) is 42.1 Å². The number of ether oxygens (including phenoxy) is 4. The summed E-state index contributed by atoms with van der Waals surface area (Å²) in [5, 5.41) is 0.897. The number of aromatic nitrogens is 1. The van der Waals surface area contributed by atoms with Gasteiger partial charge in [0, 0.05) is 5.56 Å². The largest absolute Gasteiger partial charge is 0.494 e. The van der Waals surface area contributed by atoms with Crippen LogP contribution in [0.3, 0.4) is 0 Å². The van der Waals surface area contributed by atoms with Crippen LogP contribution < -0.4 is 29.1 Å². The van der Waals surface area contributed by atoms with Gasteiger partial charge in [-0.3, -0.25) is 9.36 Å². The number of carbonyl (C=O) groups excluding carboxylic acids is 1. The summed E-state index contributed by atoms with van der Waals surface area (Å²) in [7, 11) is 1.55. The Kier molecular flexibility index (Phi) is 11.1. The molecule has 1 aromatic heterocycles. The van der Waals surface area contributed by atoms with Crippen LogP contribution in [-0.4, -0.2) is 30.9 Å². The van der Waals surface area contributed by atoms with Crippen molar-refractivity contribution < 1.29 is 23.7 Å². The number of esters is 1. The van der Waals surface area contributed by atoms with Crippen molar-refractivity contribution in [3.05, 3.63) is 147 Å². The number of benzene rings is 4. The van der Waals surface area contributed by atoms with E-state index in [0.29, 0.717) is 64.5 Å². The molecule has 0 radical (unpaired) electrons. The molecule has 0 N–H and O–H groups in total. The molecule has 0 spiro atoms. The number of methoxy groups -OCH3 is 1. The number of fused-ring (bicyclic) bond motifs is 1. The van der Waals surface area contributed by atoms with Crippen molar-refractivity contribution in [1.29, 1.82) is 0 Å². The van der Waals surface area contributed by atoms with Crippen LogP contribution in [0.5, 0.6) is 17.2 Å². The Balaban J connectivity index is 1.47. The van der Waals surface area contributed by atoms with Gasteiger partial charge in [0.25, 0.3) is 5.56 Å². The van der Waals surface area contributed by atoms with Gasteiger partial charge in [0.2, 0.25) is 0 Å². The van der Waals surface area contributed by atoms with Crippen molar-refractivity contribution in [1.82, 2.24) is 4.57 Å². The van der Waals surface area contributed by atoms with E-state index in [9.17, 15) is 9.59 Å². The Morgan fingerprint density at radius 1 is 0.960 bits per heavy atom. The lowest BCUT2D eigenvalue weighted by atomic mass is 9.93. The molecule has 6 rings (SSSR count). The number of halogens is 3. The molecule has 0 amide bonds. The van der Waals surface area contributed by atoms with Gasteiger partial charge >= 0.3 is 5.97 Å². The SMILES string of the molecule is CCOC(=O)C1=C(c2ccccc2)N=c2s/c(=C\c3cc(Br)c(OCc4ccc(Cl)c(Cl)c4)c(OC)c3)c(=O)n2[C@H]1c1ccc(OCC)cc1. The van der Waals surface area contributed by atoms with Gasteiger partial charge in [-0.2, -0.15) is 0 Å². The maximum Gasteiger partial charge on any atom is 0.338 e. The molecule has 0 saturated heterocycles. The number of thiazole rings is 1. The van der Waals surface area contributed by atoms with Gasteiger partial charge in [0.15, 0.2) is 16.3 Å². The Hall–Kier alpha value is -4.35. The average Bonchev–Trinajstić information content (AvgIpc) is 3.43. The minimum atomic E-state index is -0.809. The van der Waals surface area contributed by atoms with E-state index in [4.69, 9.17) is 47.1 Å². The lowest BCUT2D eigenvalue weighted by molar-refractivity contribution is -0.138. The van der Waals surface area contributed by atoms with E-state index in [1.807, 2.05) is 73.7 Å². The molecule has 256 valence electrons. The smallest absolute Gasteiger partial charge is 0.338 e. The molecule has 0 unspecified atom stereocenters. The second-order valence-corrected chi connectivity index (χ2v) is 13.7. The van der Waals surface area contributed by atoms with Crippen LogP contribution in [0.4, 0.5) is 0 Å². The highest BCUT2D eigenvalue weighted by Crippen LogP contribution is 2.38. The molecule has 1 aliphatic heterocycles. The summed E-state index contributed by atoms with van der Waals surface area (Å²) in [6, 6.07) is 24.9. The van der Waals surface area contributed by atoms with Crippen LogP contribution in [0, 0.1) is 0 Å². The predicted molar refractivity (Wildman–Crippen MR) is 200 cm³/mol. The van der Waals surface area contributed by atoms with Crippen LogP contribution >= 0.6 is 50.5 Å². The quantitative estimate of drug-likeness (QED) is 0.126. The van der Waals surface area contributed by atoms with Gasteiger partial charge in [0.05, 0.1) is 56.7 Å². The van der Waals surface area contributed by atoms with Crippen molar-refractivity contribution in [3.8, 4) is 17.2 Å². The lowest BCUT2D eigenvalue weighted by Crippen LogP contribution is -2.40. The third-order valence-corrected chi connectivity index (χ3v) is 10.1. The predicted octanol–water partition coefficient (Wildman–Crippen LogP) is 7.99. The monoisotopic (exact) mass is 792 g/mol. The first-order chi connectivity index (χ1) is 24.2. The Morgan fingerprint density at radius 3 is 2.40 bits per heavy atom. The molecule has 0 fully saturated rings. The van der Waals surface area contributed by atoms with Gasteiger partial charge < -0.3 is 18.9 Å². The molecule has 8 nitrogen and oxygen atoms in total. The molecule has 50 heavy (non-hydrogen) atoms. The fraction of sp³-hybridized carbons (Fsp3) is 0.184. The van der Waals surface area contributed by atoms with Crippen molar-refractivity contribution >= 4 is 68.2 Å². The minimum absolute atomic E-state index is 0.161. The highest BCUT2D eigenvalue weighted by atomic mass is 79.9. The van der Waals surface area contributed by atoms with E-state index in [0.717, 1.165) is 11.1 Å². The number of hydrogen-bond donors (Lipinski definition) is 0. The number of carbonyl (C=O) groups is 1. The minimum Gasteiger partial charge on any atom is -0.494 e. The second kappa shape index (κ2) is 15.7. The van der Waals surface area contributed by atoms with E-state index in [-0.39, 0.29) is 24.3 Å². The fourth-order valence-corrected chi connectivity index (χ4v) is 7.46. The molecule has 1 atom stereocenters. The van der Waals surface area contributed by atoms with Gasteiger partial charge in [-0.25, -0.2) is 9.79 Å². The van der Waals surface area contributed by atoms with E-state index < -0.39 is 12.0 Å². The topological polar surface area (TPSA) is 88.4 Å². The molecular formula is C38H31BrCl2N2O6S. The maximum atomic E-state index is 14.4. The molecule has 1 aliphatic rings. The third kappa shape index (κ3) is 7.39. The number of nitrogens with zero attached hydrogens (tertiary/aromatic N) is 2. The summed E-state index contributed by atoms with van der Waals surface area (Å²) >= 11 is 17.1. The van der Waals surface area contributed by atoms with Crippen LogP contribution in [0.15, 0.2) is 105 Å². The van der Waals surface area contributed by atoms with Crippen molar-refractivity contribution in [2.75, 3.05) is 20.3 Å². The molecule has 12 heteroatoms. The van der Waals surface area contributed by atoms with Gasteiger partial charge in [0.1, 0.15) is 12.4 Å². The molecule has 4 aromatic carbocycles. The molecule has 5 aromatic rings. The first-order valence-electron chi connectivity index (χ1n) is 15.7. The normalized spacial score (nSPS) is 14.2. The number of rotatable bonds is 11. The van der Waals surface area contributed by atoms with Crippen LogP contribution in [0.2, 0.25) is 10.0 Å². The molecule has 0 bridgehead atoms. The summed E-state index contributed by atoms with van der Waals surface area (Å²) in [5.74, 6) is 1.08. The zero-order valence-corrected chi connectivity index (χ0v) is 31.2. The third-order valence-electron chi connectivity index (χ3n) is 7.80. The van der Waals surface area contributed by atoms with Crippen LogP contribution in [0.25, 0.3) is 11.8 Å². The van der Waals surface area contributed by atoms with Gasteiger partial charge in [-0.1, -0.05) is 83.1 Å². The van der Waals surface area contributed by atoms with Crippen LogP contribution in [-0.2, 0) is 16.1 Å². The summed E-state index contributed by atoms with van der Waals surface area (Å²) in [4.78, 5) is 33.5. The summed E-state index contributed by atoms with van der Waals surface area (Å²) < 4.78 is 25.6. The summed E-state index contributed by atoms with van der Waals surface area (Å²) in [5.41, 5.74) is 3.37. The fourth-order valence-electron chi connectivity index (χ4n) is 5.57. The maximum absolute atomic E-state index is 14.4. The van der Waals surface area contributed by atoms with Crippen molar-refractivity contribution in [2.45, 2.75) is 26.5 Å². The lowest BCUT2D eigenvalue weighted by Gasteiger charge is -2.26. The molecule has 0 aliphatic carbocycles. The van der Waals surface area contributed by atoms with Crippen molar-refractivity contribution in [3.63, 3.8) is 0 Å². The van der Waals surface area contributed by atoms with Crippen molar-refractivity contribution in [2.24, 2.45) is 4.99 Å². The van der Waals surface area contributed by atoms with Gasteiger partial charge in [-0.05, 0) is 88.9 Å². The summed E-state index contributed by atoms with van der Waals surface area (Å²) in [6.07, 6.45) is 1.77. The Labute approximate surface area is 311 Å². The standard InChI is InChI=1S/C38H31BrCl2N2O6S/c1-4-47-26-14-12-25(13-15-26)34-32(37(45)48-5-2)33(24-9-7-6-8-10-24)42-38-43(34)36(44)31(50-38)20-23-17-27(39)35(30(19-23)46-3)49-21-22-11-16-28(40)29(41)18-22/h6-20,34H,4-5,21H2,1-3H3/b31-20-/t34-/m0/s1. The molecule has 2 heterocycles. The zero-order valence-electron chi connectivity index (χ0n) is 27.2. The molecular weight excluding hydrogens is 763 g/mol. The van der Waals surface area contributed by atoms with E-state index in [1.165, 1.54) is 11.3 Å². The highest BCUT2D eigenvalue weighted by molar-refractivity contribution is 9.10. The van der Waals surface area contributed by atoms with E-state index >= 15 is 0 Å². The average molecular weight is 795 g/mol. The second-order valence-electron chi connectivity index (χ2n) is 11.0. The first-order valence-corrected chi connectivity index (χ1v) is 18.0. The van der Waals surface area contributed by atoms with E-state index in [2.05, 4.69) is 15.9 Å². The first kappa shape index (κ1) is 35.5. The van der Waals surface area contributed by atoms with Gasteiger partial charge in [-0.15, -0.1) is 0 Å². The van der Waals surface area contributed by atoms with E-state index in [1.54, 1.807) is 42.9 Å². The Bertz CT molecular complexity index is 2270. The Morgan fingerprint density at radius 2 is 1.72 bits per heavy atom. The number of hydrogen-bond acceptors (Lipinski definition) is 8. The highest BCUT2D eigenvalue weighted by Gasteiger charge is 2.35. The molecule has 0 saturated carbocycles. The summed E-state index contributed by atoms with van der Waals surface area (Å²) in [6.45, 7) is 4.55.